The molecule has 0 bridgehead atoms. The molecule has 1 aromatic heterocycles. The van der Waals surface area contributed by atoms with E-state index in [0.29, 0.717) is 5.76 Å². The van der Waals surface area contributed by atoms with Crippen LogP contribution in [0.4, 0.5) is 0 Å². The smallest absolute Gasteiger partial charge is 0.363 e. The first-order chi connectivity index (χ1) is 7.31. The Morgan fingerprint density at radius 2 is 2.33 bits per heavy atom. The van der Waals surface area contributed by atoms with Gasteiger partial charge in [-0.2, -0.15) is 0 Å². The molecule has 0 aromatic carbocycles. The molecule has 0 saturated carbocycles. The number of nitrogens with zero attached hydrogens (tertiary/aromatic N) is 1. The number of allylic oxidation sites excluding steroid dienone is 3. The molecule has 0 fully saturated rings. The minimum atomic E-state index is -0.459. The topological polar surface area (TPSA) is 51.8 Å². The molecule has 2 heterocycles. The number of furan rings is 1. The highest BCUT2D eigenvalue weighted by Crippen LogP contribution is 2.16. The molecular weight excluding hydrogens is 194 g/mol. The molecule has 0 spiro atoms. The van der Waals surface area contributed by atoms with Crippen molar-refractivity contribution in [3.8, 4) is 0 Å². The molecule has 0 radical (unpaired) electrons. The lowest BCUT2D eigenvalue weighted by atomic mass is 10.4. The number of rotatable bonds is 2. The van der Waals surface area contributed by atoms with Crippen LogP contribution in [0.3, 0.4) is 0 Å². The van der Waals surface area contributed by atoms with E-state index in [1.54, 1.807) is 30.4 Å². The molecule has 1 aromatic rings. The zero-order valence-corrected chi connectivity index (χ0v) is 8.14. The molecular formula is C11H9NO3. The largest absolute Gasteiger partial charge is 0.459 e. The second-order valence-corrected chi connectivity index (χ2v) is 2.86. The predicted octanol–water partition coefficient (Wildman–Crippen LogP) is 2.04. The molecule has 15 heavy (non-hydrogen) atoms. The fourth-order valence-corrected chi connectivity index (χ4v) is 1.12. The first kappa shape index (κ1) is 9.45. The van der Waals surface area contributed by atoms with Crippen molar-refractivity contribution in [3.05, 3.63) is 48.1 Å². The lowest BCUT2D eigenvalue weighted by molar-refractivity contribution is -0.130. The van der Waals surface area contributed by atoms with Crippen LogP contribution >= 0.6 is 0 Å². The van der Waals surface area contributed by atoms with Gasteiger partial charge in [0.25, 0.3) is 5.90 Å². The summed E-state index contributed by atoms with van der Waals surface area (Å²) in [5.74, 6) is 0.201. The van der Waals surface area contributed by atoms with Gasteiger partial charge in [-0.15, -0.1) is 0 Å². The highest BCUT2D eigenvalue weighted by Gasteiger charge is 2.24. The van der Waals surface area contributed by atoms with Gasteiger partial charge in [0.2, 0.25) is 0 Å². The van der Waals surface area contributed by atoms with Gasteiger partial charge in [0.1, 0.15) is 0 Å². The number of hydrogen-bond donors (Lipinski definition) is 0. The van der Waals surface area contributed by atoms with Crippen LogP contribution in [0, 0.1) is 0 Å². The third kappa shape index (κ3) is 1.88. The molecule has 2 rings (SSSR count). The SMILES string of the molecule is C/C=C/C=C1\N=C(c2ccco2)OC1=O. The zero-order chi connectivity index (χ0) is 10.7. The highest BCUT2D eigenvalue weighted by atomic mass is 16.6. The maximum absolute atomic E-state index is 11.3. The predicted molar refractivity (Wildman–Crippen MR) is 54.2 cm³/mol. The normalized spacial score (nSPS) is 18.6. The Balaban J connectivity index is 2.28. The molecule has 0 unspecified atom stereocenters. The minimum Gasteiger partial charge on any atom is -0.459 e. The Hall–Kier alpha value is -2.10. The third-order valence-electron chi connectivity index (χ3n) is 1.80. The van der Waals surface area contributed by atoms with E-state index >= 15 is 0 Å². The van der Waals surface area contributed by atoms with E-state index in [2.05, 4.69) is 4.99 Å². The van der Waals surface area contributed by atoms with Crippen LogP contribution in [0.5, 0.6) is 0 Å². The Labute approximate surface area is 86.6 Å². The first-order valence-electron chi connectivity index (χ1n) is 4.49. The second-order valence-electron chi connectivity index (χ2n) is 2.86. The fraction of sp³-hybridized carbons (Fsp3) is 0.0909. The average Bonchev–Trinajstić information content (AvgIpc) is 2.83. The summed E-state index contributed by atoms with van der Waals surface area (Å²) in [6.07, 6.45) is 6.63. The second kappa shape index (κ2) is 3.96. The third-order valence-corrected chi connectivity index (χ3v) is 1.80. The van der Waals surface area contributed by atoms with E-state index < -0.39 is 5.97 Å². The standard InChI is InChI=1S/C11H9NO3/c1-2-3-5-8-11(13)15-10(12-8)9-6-4-7-14-9/h2-7H,1H3/b3-2+,8-5-. The van der Waals surface area contributed by atoms with Crippen molar-refractivity contribution in [2.45, 2.75) is 6.92 Å². The lowest BCUT2D eigenvalue weighted by Gasteiger charge is -1.91. The summed E-state index contributed by atoms with van der Waals surface area (Å²) in [4.78, 5) is 15.3. The summed E-state index contributed by atoms with van der Waals surface area (Å²) in [6.45, 7) is 1.86. The number of carbonyl (C=O) groups excluding carboxylic acids is 1. The summed E-state index contributed by atoms with van der Waals surface area (Å²) in [5.41, 5.74) is 0.277. The van der Waals surface area contributed by atoms with Gasteiger partial charge < -0.3 is 9.15 Å². The van der Waals surface area contributed by atoms with E-state index in [-0.39, 0.29) is 11.6 Å². The molecule has 0 aliphatic carbocycles. The van der Waals surface area contributed by atoms with Crippen molar-refractivity contribution in [1.82, 2.24) is 0 Å². The van der Waals surface area contributed by atoms with Crippen LogP contribution in [0.1, 0.15) is 12.7 Å². The molecule has 1 aliphatic rings. The Morgan fingerprint density at radius 1 is 1.47 bits per heavy atom. The summed E-state index contributed by atoms with van der Waals surface area (Å²) < 4.78 is 10.00. The van der Waals surface area contributed by atoms with Crippen LogP contribution < -0.4 is 0 Å². The van der Waals surface area contributed by atoms with Crippen molar-refractivity contribution in [2.75, 3.05) is 0 Å². The molecule has 0 atom stereocenters. The zero-order valence-electron chi connectivity index (χ0n) is 8.14. The van der Waals surface area contributed by atoms with Crippen LogP contribution in [-0.2, 0) is 9.53 Å². The van der Waals surface area contributed by atoms with Crippen molar-refractivity contribution in [1.29, 1.82) is 0 Å². The maximum Gasteiger partial charge on any atom is 0.363 e. The number of hydrogen-bond acceptors (Lipinski definition) is 4. The number of cyclic esters (lactones) is 1. The summed E-state index contributed by atoms with van der Waals surface area (Å²) in [5, 5.41) is 0. The molecule has 4 heteroatoms. The van der Waals surface area contributed by atoms with Crippen molar-refractivity contribution < 1.29 is 13.9 Å². The fourth-order valence-electron chi connectivity index (χ4n) is 1.12. The van der Waals surface area contributed by atoms with Gasteiger partial charge in [-0.3, -0.25) is 0 Å². The van der Waals surface area contributed by atoms with E-state index in [4.69, 9.17) is 9.15 Å². The molecule has 0 N–H and O–H groups in total. The van der Waals surface area contributed by atoms with E-state index in [1.807, 2.05) is 6.92 Å². The summed E-state index contributed by atoms with van der Waals surface area (Å²) in [7, 11) is 0. The first-order valence-corrected chi connectivity index (χ1v) is 4.49. The Bertz CT molecular complexity index is 452. The molecule has 1 aliphatic heterocycles. The van der Waals surface area contributed by atoms with Crippen molar-refractivity contribution >= 4 is 11.9 Å². The van der Waals surface area contributed by atoms with Crippen LogP contribution in [-0.4, -0.2) is 11.9 Å². The molecule has 0 saturated heterocycles. The number of carbonyl (C=O) groups is 1. The number of aliphatic imine (C=N–C) groups is 1. The number of esters is 1. The maximum atomic E-state index is 11.3. The lowest BCUT2D eigenvalue weighted by Crippen LogP contribution is -2.03. The monoisotopic (exact) mass is 203 g/mol. The van der Waals surface area contributed by atoms with E-state index in [9.17, 15) is 4.79 Å². The van der Waals surface area contributed by atoms with Gasteiger partial charge in [0.15, 0.2) is 11.5 Å². The Morgan fingerprint density at radius 3 is 3.00 bits per heavy atom. The molecule has 0 amide bonds. The van der Waals surface area contributed by atoms with Gasteiger partial charge >= 0.3 is 5.97 Å². The average molecular weight is 203 g/mol. The van der Waals surface area contributed by atoms with Crippen molar-refractivity contribution in [3.63, 3.8) is 0 Å². The van der Waals surface area contributed by atoms with Gasteiger partial charge in [-0.1, -0.05) is 12.2 Å². The van der Waals surface area contributed by atoms with Gasteiger partial charge in [0.05, 0.1) is 6.26 Å². The van der Waals surface area contributed by atoms with Gasteiger partial charge in [0, 0.05) is 0 Å². The van der Waals surface area contributed by atoms with Crippen molar-refractivity contribution in [2.24, 2.45) is 4.99 Å². The molecule has 76 valence electrons. The van der Waals surface area contributed by atoms with Crippen LogP contribution in [0.15, 0.2) is 51.7 Å². The molecule has 4 nitrogen and oxygen atoms in total. The summed E-state index contributed by atoms with van der Waals surface area (Å²) >= 11 is 0. The van der Waals surface area contributed by atoms with Gasteiger partial charge in [-0.05, 0) is 25.1 Å². The summed E-state index contributed by atoms with van der Waals surface area (Å²) in [6, 6.07) is 3.39. The van der Waals surface area contributed by atoms with Crippen LogP contribution in [0.25, 0.3) is 0 Å². The Kier molecular flexibility index (Phi) is 2.49. The van der Waals surface area contributed by atoms with E-state index in [1.165, 1.54) is 6.26 Å². The quantitative estimate of drug-likeness (QED) is 0.546. The van der Waals surface area contributed by atoms with E-state index in [0.717, 1.165) is 0 Å². The van der Waals surface area contributed by atoms with Crippen LogP contribution in [0.2, 0.25) is 0 Å². The van der Waals surface area contributed by atoms with Gasteiger partial charge in [-0.25, -0.2) is 9.79 Å². The minimum absolute atomic E-state index is 0.209. The highest BCUT2D eigenvalue weighted by molar-refractivity contribution is 6.10. The number of ether oxygens (including phenoxy) is 1.